The van der Waals surface area contributed by atoms with E-state index in [0.29, 0.717) is 5.56 Å². The molecule has 0 radical (unpaired) electrons. The molecule has 1 rings (SSSR count). The molecule has 1 aromatic carbocycles. The zero-order valence-electron chi connectivity index (χ0n) is 12.2. The third-order valence-corrected chi connectivity index (χ3v) is 4.12. The Balaban J connectivity index is 2.99. The van der Waals surface area contributed by atoms with Crippen LogP contribution in [0.15, 0.2) is 22.7 Å². The fraction of sp³-hybridized carbons (Fsp3) is 0.467. The molecule has 0 fully saturated rings. The summed E-state index contributed by atoms with van der Waals surface area (Å²) < 4.78 is 0.906. The molecule has 110 valence electrons. The van der Waals surface area contributed by atoms with Crippen LogP contribution in [0.2, 0.25) is 0 Å². The predicted molar refractivity (Wildman–Crippen MR) is 81.8 cm³/mol. The standard InChI is InChI=1S/C15H20BrNO3/c1-9(2)15(4,8-13(18)19)17-14(20)12-6-5-11(16)7-10(12)3/h5-7,9H,8H2,1-4H3,(H,17,20)(H,18,19). The van der Waals surface area contributed by atoms with E-state index in [2.05, 4.69) is 21.2 Å². The number of amides is 1. The van der Waals surface area contributed by atoms with Crippen LogP contribution in [0.4, 0.5) is 0 Å². The predicted octanol–water partition coefficient (Wildman–Crippen LogP) is 3.38. The molecule has 0 aromatic heterocycles. The van der Waals surface area contributed by atoms with Gasteiger partial charge in [-0.3, -0.25) is 9.59 Å². The first-order valence-corrected chi connectivity index (χ1v) is 7.25. The van der Waals surface area contributed by atoms with Crippen LogP contribution >= 0.6 is 15.9 Å². The number of carboxylic acid groups (broad SMARTS) is 1. The summed E-state index contributed by atoms with van der Waals surface area (Å²) in [5.74, 6) is -1.15. The van der Waals surface area contributed by atoms with Crippen molar-refractivity contribution in [2.24, 2.45) is 5.92 Å². The molecule has 4 nitrogen and oxygen atoms in total. The largest absolute Gasteiger partial charge is 0.481 e. The number of rotatable bonds is 5. The van der Waals surface area contributed by atoms with Gasteiger partial charge in [0.25, 0.3) is 5.91 Å². The van der Waals surface area contributed by atoms with E-state index < -0.39 is 11.5 Å². The summed E-state index contributed by atoms with van der Waals surface area (Å²) in [5, 5.41) is 11.9. The molecule has 0 aliphatic heterocycles. The normalized spacial score (nSPS) is 13.9. The van der Waals surface area contributed by atoms with Crippen molar-refractivity contribution in [1.29, 1.82) is 0 Å². The van der Waals surface area contributed by atoms with Crippen LogP contribution in [0.3, 0.4) is 0 Å². The summed E-state index contributed by atoms with van der Waals surface area (Å²) in [4.78, 5) is 23.4. The van der Waals surface area contributed by atoms with Crippen molar-refractivity contribution >= 4 is 27.8 Å². The van der Waals surface area contributed by atoms with Crippen molar-refractivity contribution in [2.45, 2.75) is 39.7 Å². The molecule has 5 heteroatoms. The van der Waals surface area contributed by atoms with Gasteiger partial charge in [-0.05, 0) is 43.5 Å². The molecule has 1 atom stereocenters. The highest BCUT2D eigenvalue weighted by Crippen LogP contribution is 2.23. The van der Waals surface area contributed by atoms with Gasteiger partial charge in [0.05, 0.1) is 12.0 Å². The van der Waals surface area contributed by atoms with Gasteiger partial charge in [0.1, 0.15) is 0 Å². The highest BCUT2D eigenvalue weighted by atomic mass is 79.9. The number of nitrogens with one attached hydrogen (secondary N) is 1. The fourth-order valence-electron chi connectivity index (χ4n) is 1.92. The Kier molecular flexibility index (Phi) is 5.34. The van der Waals surface area contributed by atoms with Gasteiger partial charge in [-0.25, -0.2) is 0 Å². The third-order valence-electron chi connectivity index (χ3n) is 3.62. The summed E-state index contributed by atoms with van der Waals surface area (Å²) in [7, 11) is 0. The lowest BCUT2D eigenvalue weighted by molar-refractivity contribution is -0.138. The average Bonchev–Trinajstić information content (AvgIpc) is 2.26. The smallest absolute Gasteiger partial charge is 0.305 e. The van der Waals surface area contributed by atoms with Crippen molar-refractivity contribution in [3.05, 3.63) is 33.8 Å². The van der Waals surface area contributed by atoms with Gasteiger partial charge < -0.3 is 10.4 Å². The zero-order chi connectivity index (χ0) is 15.5. The summed E-state index contributed by atoms with van der Waals surface area (Å²) in [5.41, 5.74) is 0.631. The number of hydrogen-bond donors (Lipinski definition) is 2. The number of halogens is 1. The molecule has 1 aromatic rings. The van der Waals surface area contributed by atoms with Crippen LogP contribution in [0, 0.1) is 12.8 Å². The molecule has 0 spiro atoms. The van der Waals surface area contributed by atoms with Gasteiger partial charge in [-0.1, -0.05) is 29.8 Å². The quantitative estimate of drug-likeness (QED) is 0.862. The van der Waals surface area contributed by atoms with E-state index in [1.165, 1.54) is 0 Å². The number of carbonyl (C=O) groups excluding carboxylic acids is 1. The topological polar surface area (TPSA) is 66.4 Å². The van der Waals surface area contributed by atoms with E-state index in [1.807, 2.05) is 26.8 Å². The average molecular weight is 342 g/mol. The van der Waals surface area contributed by atoms with Crippen LogP contribution in [0.5, 0.6) is 0 Å². The molecule has 0 aliphatic carbocycles. The Hall–Kier alpha value is -1.36. The van der Waals surface area contributed by atoms with Gasteiger partial charge in [0.2, 0.25) is 0 Å². The number of hydrogen-bond acceptors (Lipinski definition) is 2. The molecule has 1 amide bonds. The maximum atomic E-state index is 12.4. The third kappa shape index (κ3) is 4.07. The first-order valence-electron chi connectivity index (χ1n) is 6.46. The van der Waals surface area contributed by atoms with E-state index in [1.54, 1.807) is 19.1 Å². The van der Waals surface area contributed by atoms with Crippen molar-refractivity contribution in [3.8, 4) is 0 Å². The minimum Gasteiger partial charge on any atom is -0.481 e. The molecule has 0 bridgehead atoms. The second kappa shape index (κ2) is 6.39. The molecular weight excluding hydrogens is 322 g/mol. The molecule has 1 unspecified atom stereocenters. The molecule has 20 heavy (non-hydrogen) atoms. The van der Waals surface area contributed by atoms with Crippen molar-refractivity contribution in [2.75, 3.05) is 0 Å². The molecule has 2 N–H and O–H groups in total. The highest BCUT2D eigenvalue weighted by Gasteiger charge is 2.33. The number of carbonyl (C=O) groups is 2. The van der Waals surface area contributed by atoms with E-state index >= 15 is 0 Å². The van der Waals surface area contributed by atoms with E-state index in [0.717, 1.165) is 10.0 Å². The number of aliphatic carboxylic acids is 1. The molecule has 0 saturated carbocycles. The Morgan fingerprint density at radius 1 is 1.40 bits per heavy atom. The monoisotopic (exact) mass is 341 g/mol. The van der Waals surface area contributed by atoms with E-state index in [9.17, 15) is 9.59 Å². The maximum Gasteiger partial charge on any atom is 0.305 e. The van der Waals surface area contributed by atoms with Crippen molar-refractivity contribution in [3.63, 3.8) is 0 Å². The Labute approximate surface area is 127 Å². The lowest BCUT2D eigenvalue weighted by atomic mass is 9.85. The Bertz CT molecular complexity index is 528. The lowest BCUT2D eigenvalue weighted by Crippen LogP contribution is -2.51. The van der Waals surface area contributed by atoms with Gasteiger partial charge in [0.15, 0.2) is 0 Å². The maximum absolute atomic E-state index is 12.4. The van der Waals surface area contributed by atoms with Crippen molar-refractivity contribution < 1.29 is 14.7 Å². The summed E-state index contributed by atoms with van der Waals surface area (Å²) in [6, 6.07) is 5.39. The van der Waals surface area contributed by atoms with Crippen LogP contribution in [0.1, 0.15) is 43.1 Å². The van der Waals surface area contributed by atoms with Crippen molar-refractivity contribution in [1.82, 2.24) is 5.32 Å². The lowest BCUT2D eigenvalue weighted by Gasteiger charge is -2.33. The van der Waals surface area contributed by atoms with E-state index in [-0.39, 0.29) is 18.2 Å². The molecular formula is C15H20BrNO3. The Morgan fingerprint density at radius 3 is 2.45 bits per heavy atom. The summed E-state index contributed by atoms with van der Waals surface area (Å²) >= 11 is 3.35. The molecule has 0 aliphatic rings. The fourth-order valence-corrected chi connectivity index (χ4v) is 2.39. The minimum absolute atomic E-state index is 0.0123. The molecule has 0 heterocycles. The van der Waals surface area contributed by atoms with Gasteiger partial charge in [-0.15, -0.1) is 0 Å². The first-order chi connectivity index (χ1) is 9.15. The van der Waals surface area contributed by atoms with E-state index in [4.69, 9.17) is 5.11 Å². The van der Waals surface area contributed by atoms with Crippen LogP contribution in [-0.2, 0) is 4.79 Å². The van der Waals surface area contributed by atoms with Crippen LogP contribution < -0.4 is 5.32 Å². The first kappa shape index (κ1) is 16.7. The molecule has 0 saturated heterocycles. The Morgan fingerprint density at radius 2 is 2.00 bits per heavy atom. The highest BCUT2D eigenvalue weighted by molar-refractivity contribution is 9.10. The summed E-state index contributed by atoms with van der Waals surface area (Å²) in [6.45, 7) is 7.41. The number of aryl methyl sites for hydroxylation is 1. The SMILES string of the molecule is Cc1cc(Br)ccc1C(=O)NC(C)(CC(=O)O)C(C)C. The van der Waals surface area contributed by atoms with Crippen LogP contribution in [0.25, 0.3) is 0 Å². The number of carboxylic acids is 1. The zero-order valence-corrected chi connectivity index (χ0v) is 13.7. The minimum atomic E-state index is -0.922. The number of benzene rings is 1. The van der Waals surface area contributed by atoms with Gasteiger partial charge in [0, 0.05) is 10.0 Å². The second-order valence-corrected chi connectivity index (χ2v) is 6.47. The van der Waals surface area contributed by atoms with Gasteiger partial charge >= 0.3 is 5.97 Å². The van der Waals surface area contributed by atoms with Crippen LogP contribution in [-0.4, -0.2) is 22.5 Å². The van der Waals surface area contributed by atoms with Gasteiger partial charge in [-0.2, -0.15) is 0 Å². The summed E-state index contributed by atoms with van der Waals surface area (Å²) in [6.07, 6.45) is -0.105. The second-order valence-electron chi connectivity index (χ2n) is 5.56.